The fourth-order valence-corrected chi connectivity index (χ4v) is 3.39. The average Bonchev–Trinajstić information content (AvgIpc) is 2.69. The molecule has 2 nitrogen and oxygen atoms in total. The van der Waals surface area contributed by atoms with Crippen molar-refractivity contribution in [1.82, 2.24) is 10.3 Å². The maximum atomic E-state index is 6.35. The first-order valence-electron chi connectivity index (χ1n) is 6.53. The SMILES string of the molecule is Cc1nc(C(NC(C)C)c2cc(Cl)ccc2Cl)sc1C. The highest BCUT2D eigenvalue weighted by atomic mass is 35.5. The van der Waals surface area contributed by atoms with Crippen LogP contribution in [0.1, 0.15) is 41.0 Å². The molecular formula is C15H18Cl2N2S. The van der Waals surface area contributed by atoms with Crippen molar-refractivity contribution in [3.8, 4) is 0 Å². The van der Waals surface area contributed by atoms with Gasteiger partial charge in [0.1, 0.15) is 5.01 Å². The van der Waals surface area contributed by atoms with Crippen molar-refractivity contribution in [2.45, 2.75) is 39.8 Å². The molecule has 0 aliphatic rings. The molecule has 1 atom stereocenters. The van der Waals surface area contributed by atoms with Gasteiger partial charge in [-0.25, -0.2) is 4.98 Å². The lowest BCUT2D eigenvalue weighted by Crippen LogP contribution is -2.29. The van der Waals surface area contributed by atoms with Crippen LogP contribution in [0.15, 0.2) is 18.2 Å². The molecule has 1 aromatic carbocycles. The van der Waals surface area contributed by atoms with E-state index >= 15 is 0 Å². The van der Waals surface area contributed by atoms with E-state index in [1.807, 2.05) is 19.1 Å². The fourth-order valence-electron chi connectivity index (χ4n) is 1.98. The van der Waals surface area contributed by atoms with E-state index in [0.29, 0.717) is 16.1 Å². The number of hydrogen-bond acceptors (Lipinski definition) is 3. The quantitative estimate of drug-likeness (QED) is 0.839. The van der Waals surface area contributed by atoms with Gasteiger partial charge in [-0.1, -0.05) is 23.2 Å². The van der Waals surface area contributed by atoms with Gasteiger partial charge < -0.3 is 5.32 Å². The molecule has 5 heteroatoms. The summed E-state index contributed by atoms with van der Waals surface area (Å²) in [5.74, 6) is 0. The van der Waals surface area contributed by atoms with E-state index in [4.69, 9.17) is 23.2 Å². The van der Waals surface area contributed by atoms with Gasteiger partial charge in [-0.15, -0.1) is 11.3 Å². The van der Waals surface area contributed by atoms with Gasteiger partial charge in [-0.2, -0.15) is 0 Å². The first kappa shape index (κ1) is 15.8. The van der Waals surface area contributed by atoms with Gasteiger partial charge in [-0.3, -0.25) is 0 Å². The van der Waals surface area contributed by atoms with Gasteiger partial charge in [0, 0.05) is 21.0 Å². The zero-order valence-electron chi connectivity index (χ0n) is 12.0. The van der Waals surface area contributed by atoms with Gasteiger partial charge in [0.2, 0.25) is 0 Å². The molecule has 0 aliphatic carbocycles. The number of halogens is 2. The van der Waals surface area contributed by atoms with Crippen LogP contribution in [0.4, 0.5) is 0 Å². The van der Waals surface area contributed by atoms with Crippen LogP contribution >= 0.6 is 34.5 Å². The first-order valence-corrected chi connectivity index (χ1v) is 8.10. The highest BCUT2D eigenvalue weighted by Gasteiger charge is 2.22. The predicted octanol–water partition coefficient (Wildman–Crippen LogP) is 5.15. The molecule has 0 bridgehead atoms. The average molecular weight is 329 g/mol. The van der Waals surface area contributed by atoms with E-state index in [1.54, 1.807) is 17.4 Å². The van der Waals surface area contributed by atoms with Crippen molar-refractivity contribution in [3.05, 3.63) is 49.4 Å². The molecule has 0 saturated heterocycles. The van der Waals surface area contributed by atoms with Gasteiger partial charge >= 0.3 is 0 Å². The molecular weight excluding hydrogens is 311 g/mol. The van der Waals surface area contributed by atoms with Crippen molar-refractivity contribution in [2.75, 3.05) is 0 Å². The van der Waals surface area contributed by atoms with Crippen molar-refractivity contribution < 1.29 is 0 Å². The zero-order valence-corrected chi connectivity index (χ0v) is 14.3. The molecule has 0 radical (unpaired) electrons. The van der Waals surface area contributed by atoms with Crippen molar-refractivity contribution in [3.63, 3.8) is 0 Å². The monoisotopic (exact) mass is 328 g/mol. The Balaban J connectivity index is 2.49. The van der Waals surface area contributed by atoms with Gasteiger partial charge in [0.05, 0.1) is 11.7 Å². The molecule has 0 saturated carbocycles. The second-order valence-corrected chi connectivity index (χ2v) is 7.19. The fraction of sp³-hybridized carbons (Fsp3) is 0.400. The minimum absolute atomic E-state index is 0.0291. The summed E-state index contributed by atoms with van der Waals surface area (Å²) in [5, 5.41) is 5.94. The number of benzene rings is 1. The van der Waals surface area contributed by atoms with Crippen LogP contribution in [0.3, 0.4) is 0 Å². The van der Waals surface area contributed by atoms with Gasteiger partial charge in [-0.05, 0) is 51.5 Å². The van der Waals surface area contributed by atoms with Crippen LogP contribution in [0.5, 0.6) is 0 Å². The molecule has 0 amide bonds. The highest BCUT2D eigenvalue weighted by molar-refractivity contribution is 7.11. The first-order chi connectivity index (χ1) is 9.38. The summed E-state index contributed by atoms with van der Waals surface area (Å²) in [6, 6.07) is 5.84. The van der Waals surface area contributed by atoms with Crippen LogP contribution < -0.4 is 5.32 Å². The van der Waals surface area contributed by atoms with E-state index in [2.05, 4.69) is 31.1 Å². The van der Waals surface area contributed by atoms with Crippen LogP contribution in [-0.4, -0.2) is 11.0 Å². The molecule has 0 fully saturated rings. The van der Waals surface area contributed by atoms with Crippen molar-refractivity contribution >= 4 is 34.5 Å². The number of aromatic nitrogens is 1. The molecule has 1 unspecified atom stereocenters. The van der Waals surface area contributed by atoms with E-state index in [0.717, 1.165) is 16.3 Å². The maximum Gasteiger partial charge on any atom is 0.115 e. The van der Waals surface area contributed by atoms with Crippen molar-refractivity contribution in [1.29, 1.82) is 0 Å². The predicted molar refractivity (Wildman–Crippen MR) is 88.2 cm³/mol. The second kappa shape index (κ2) is 6.44. The Morgan fingerprint density at radius 3 is 2.45 bits per heavy atom. The number of aryl methyl sites for hydroxylation is 2. The van der Waals surface area contributed by atoms with E-state index in [-0.39, 0.29) is 6.04 Å². The highest BCUT2D eigenvalue weighted by Crippen LogP contribution is 2.33. The molecule has 0 aliphatic heterocycles. The molecule has 0 spiro atoms. The molecule has 1 N–H and O–H groups in total. The second-order valence-electron chi connectivity index (χ2n) is 5.11. The lowest BCUT2D eigenvalue weighted by molar-refractivity contribution is 0.526. The van der Waals surface area contributed by atoms with E-state index in [9.17, 15) is 0 Å². The Labute approximate surface area is 134 Å². The zero-order chi connectivity index (χ0) is 14.9. The number of hydrogen-bond donors (Lipinski definition) is 1. The van der Waals surface area contributed by atoms with Crippen LogP contribution in [0, 0.1) is 13.8 Å². The molecule has 108 valence electrons. The third kappa shape index (κ3) is 3.53. The normalized spacial score (nSPS) is 12.9. The van der Waals surface area contributed by atoms with Crippen LogP contribution in [0.2, 0.25) is 10.0 Å². The minimum atomic E-state index is -0.0291. The maximum absolute atomic E-state index is 6.35. The van der Waals surface area contributed by atoms with Crippen LogP contribution in [-0.2, 0) is 0 Å². The largest absolute Gasteiger partial charge is 0.302 e. The smallest absolute Gasteiger partial charge is 0.115 e. The number of rotatable bonds is 4. The van der Waals surface area contributed by atoms with Crippen LogP contribution in [0.25, 0.3) is 0 Å². The third-order valence-electron chi connectivity index (χ3n) is 3.06. The summed E-state index contributed by atoms with van der Waals surface area (Å²) in [7, 11) is 0. The van der Waals surface area contributed by atoms with Crippen molar-refractivity contribution in [2.24, 2.45) is 0 Å². The lowest BCUT2D eigenvalue weighted by Gasteiger charge is -2.21. The Bertz CT molecular complexity index is 588. The summed E-state index contributed by atoms with van der Waals surface area (Å²) in [5.41, 5.74) is 2.04. The van der Waals surface area contributed by atoms with Gasteiger partial charge in [0.15, 0.2) is 0 Å². The van der Waals surface area contributed by atoms with E-state index < -0.39 is 0 Å². The molecule has 1 heterocycles. The molecule has 1 aromatic heterocycles. The standard InChI is InChI=1S/C15H18Cl2N2S/c1-8(2)18-14(15-19-9(3)10(4)20-15)12-7-11(16)5-6-13(12)17/h5-8,14,18H,1-4H3. The summed E-state index contributed by atoms with van der Waals surface area (Å²) < 4.78 is 0. The number of nitrogens with one attached hydrogen (secondary N) is 1. The topological polar surface area (TPSA) is 24.9 Å². The summed E-state index contributed by atoms with van der Waals surface area (Å²) >= 11 is 14.2. The third-order valence-corrected chi connectivity index (χ3v) is 4.78. The summed E-state index contributed by atoms with van der Waals surface area (Å²) in [4.78, 5) is 5.90. The van der Waals surface area contributed by atoms with E-state index in [1.165, 1.54) is 4.88 Å². The Morgan fingerprint density at radius 2 is 1.90 bits per heavy atom. The molecule has 20 heavy (non-hydrogen) atoms. The lowest BCUT2D eigenvalue weighted by atomic mass is 10.1. The Kier molecular flexibility index (Phi) is 5.08. The summed E-state index contributed by atoms with van der Waals surface area (Å²) in [6.07, 6.45) is 0. The Hall–Kier alpha value is -0.610. The Morgan fingerprint density at radius 1 is 1.20 bits per heavy atom. The van der Waals surface area contributed by atoms with Gasteiger partial charge in [0.25, 0.3) is 0 Å². The molecule has 2 aromatic rings. The number of nitrogens with zero attached hydrogens (tertiary/aromatic N) is 1. The molecule has 2 rings (SSSR count). The summed E-state index contributed by atoms with van der Waals surface area (Å²) in [6.45, 7) is 8.33. The minimum Gasteiger partial charge on any atom is -0.302 e. The number of thiazole rings is 1.